The summed E-state index contributed by atoms with van der Waals surface area (Å²) in [5.41, 5.74) is 0.912. The highest BCUT2D eigenvalue weighted by Crippen LogP contribution is 2.68. The van der Waals surface area contributed by atoms with Crippen LogP contribution in [0, 0.1) is 52.7 Å². The molecule has 5 aliphatic rings. The molecule has 0 amide bonds. The molecule has 1 aromatic heterocycles. The second kappa shape index (κ2) is 6.87. The van der Waals surface area contributed by atoms with Crippen molar-refractivity contribution in [1.82, 2.24) is 15.0 Å². The summed E-state index contributed by atoms with van der Waals surface area (Å²) < 4.78 is 13.5. The van der Waals surface area contributed by atoms with Gasteiger partial charge in [0.05, 0.1) is 5.60 Å². The van der Waals surface area contributed by atoms with E-state index in [2.05, 4.69) is 17.1 Å². The molecular formula is C27H34FN3O2. The fourth-order valence-corrected chi connectivity index (χ4v) is 9.47. The van der Waals surface area contributed by atoms with Gasteiger partial charge in [0.1, 0.15) is 23.4 Å². The summed E-state index contributed by atoms with van der Waals surface area (Å²) in [7, 11) is 0. The van der Waals surface area contributed by atoms with Gasteiger partial charge < -0.3 is 5.11 Å². The van der Waals surface area contributed by atoms with Gasteiger partial charge in [0.15, 0.2) is 5.78 Å². The van der Waals surface area contributed by atoms with E-state index in [-0.39, 0.29) is 35.1 Å². The molecule has 5 saturated carbocycles. The van der Waals surface area contributed by atoms with Crippen molar-refractivity contribution < 1.29 is 14.3 Å². The monoisotopic (exact) mass is 451 g/mol. The van der Waals surface area contributed by atoms with Crippen LogP contribution < -0.4 is 0 Å². The Morgan fingerprint density at radius 3 is 2.55 bits per heavy atom. The molecule has 7 rings (SSSR count). The average Bonchev–Trinajstić information content (AvgIpc) is 3.14. The number of halogens is 1. The lowest BCUT2D eigenvalue weighted by Crippen LogP contribution is -2.50. The van der Waals surface area contributed by atoms with E-state index in [1.807, 2.05) is 0 Å². The van der Waals surface area contributed by atoms with E-state index in [0.29, 0.717) is 22.9 Å². The van der Waals surface area contributed by atoms with Gasteiger partial charge >= 0.3 is 0 Å². The van der Waals surface area contributed by atoms with E-state index in [9.17, 15) is 14.3 Å². The molecule has 5 nitrogen and oxygen atoms in total. The van der Waals surface area contributed by atoms with Crippen molar-refractivity contribution >= 4 is 16.8 Å². The van der Waals surface area contributed by atoms with E-state index >= 15 is 0 Å². The van der Waals surface area contributed by atoms with Gasteiger partial charge in [-0.2, -0.15) is 15.0 Å². The van der Waals surface area contributed by atoms with Crippen molar-refractivity contribution in [2.45, 2.75) is 76.9 Å². The van der Waals surface area contributed by atoms with Crippen LogP contribution in [0.1, 0.15) is 64.7 Å². The normalized spacial score (nSPS) is 45.7. The molecule has 5 aliphatic carbocycles. The minimum Gasteiger partial charge on any atom is -0.390 e. The van der Waals surface area contributed by atoms with Gasteiger partial charge in [0.2, 0.25) is 0 Å². The van der Waals surface area contributed by atoms with Gasteiger partial charge in [-0.25, -0.2) is 4.39 Å². The highest BCUT2D eigenvalue weighted by Gasteiger charge is 2.65. The molecule has 5 fully saturated rings. The lowest BCUT2D eigenvalue weighted by atomic mass is 9.49. The highest BCUT2D eigenvalue weighted by atomic mass is 19.1. The summed E-state index contributed by atoms with van der Waals surface area (Å²) in [6, 6.07) is 4.38. The van der Waals surface area contributed by atoms with Crippen LogP contribution in [0.4, 0.5) is 4.39 Å². The van der Waals surface area contributed by atoms with E-state index in [1.165, 1.54) is 49.0 Å². The number of carbonyl (C=O) groups is 1. The van der Waals surface area contributed by atoms with Gasteiger partial charge in [-0.15, -0.1) is 0 Å². The van der Waals surface area contributed by atoms with Gasteiger partial charge in [0.25, 0.3) is 0 Å². The Balaban J connectivity index is 1.09. The first kappa shape index (κ1) is 20.5. The molecule has 1 heterocycles. The Kier molecular flexibility index (Phi) is 4.27. The Hall–Kier alpha value is -1.82. The number of fused-ring (bicyclic) bond motifs is 8. The smallest absolute Gasteiger partial charge is 0.159 e. The van der Waals surface area contributed by atoms with Crippen LogP contribution in [0.15, 0.2) is 18.2 Å². The van der Waals surface area contributed by atoms with Crippen molar-refractivity contribution in [2.24, 2.45) is 46.8 Å². The number of aromatic nitrogens is 3. The summed E-state index contributed by atoms with van der Waals surface area (Å²) in [6.07, 6.45) is 10.4. The van der Waals surface area contributed by atoms with Crippen LogP contribution in [0.25, 0.3) is 11.0 Å². The topological polar surface area (TPSA) is 68.0 Å². The van der Waals surface area contributed by atoms with Crippen LogP contribution in [0.5, 0.6) is 0 Å². The van der Waals surface area contributed by atoms with E-state index in [4.69, 9.17) is 0 Å². The molecule has 1 unspecified atom stereocenters. The Labute approximate surface area is 194 Å². The maximum atomic E-state index is 13.5. The van der Waals surface area contributed by atoms with Gasteiger partial charge in [-0.3, -0.25) is 4.79 Å². The molecule has 1 N–H and O–H groups in total. The molecule has 0 spiro atoms. The molecule has 0 aliphatic heterocycles. The first-order valence-corrected chi connectivity index (χ1v) is 13.1. The number of rotatable bonds is 3. The minimum atomic E-state index is -0.331. The van der Waals surface area contributed by atoms with Crippen LogP contribution in [0.2, 0.25) is 0 Å². The minimum absolute atomic E-state index is 0.0758. The first-order chi connectivity index (χ1) is 15.9. The lowest BCUT2D eigenvalue weighted by molar-refractivity contribution is -0.132. The zero-order chi connectivity index (χ0) is 22.5. The zero-order valence-electron chi connectivity index (χ0n) is 19.4. The standard InChI is InChI=1S/C27H34FN3O2/c1-26-10-8-16-17-9-11-27(33)13-22(27)19(17)4-3-18(16)20(26)5-6-21(26)25(32)14-31-29-23-7-2-15(28)12-24(23)30-31/h2,7,12,16-22,33H,3-6,8-11,13-14H2,1H3/t16-,17-,18-,19+,20+,21-,22?,26+,27+/m1/s1. The molecule has 2 aromatic rings. The summed E-state index contributed by atoms with van der Waals surface area (Å²) in [4.78, 5) is 15.0. The van der Waals surface area contributed by atoms with Crippen molar-refractivity contribution in [3.8, 4) is 0 Å². The molecule has 0 bridgehead atoms. The fourth-order valence-electron chi connectivity index (χ4n) is 9.47. The number of aliphatic hydroxyl groups is 1. The number of hydrogen-bond donors (Lipinski definition) is 1. The number of benzene rings is 1. The van der Waals surface area contributed by atoms with Crippen LogP contribution >= 0.6 is 0 Å². The average molecular weight is 452 g/mol. The first-order valence-electron chi connectivity index (χ1n) is 13.1. The Bertz CT molecular complexity index is 1130. The SMILES string of the molecule is C[C@]12CC[C@@H]3[C@H]4CC[C@]5(O)CC5[C@H]4CC[C@H]3[C@@H]1CC[C@@H]2C(=O)Cn1nc2ccc(F)cc2n1. The fraction of sp³-hybridized carbons (Fsp3) is 0.741. The van der Waals surface area contributed by atoms with Crippen molar-refractivity contribution in [2.75, 3.05) is 0 Å². The predicted octanol–water partition coefficient (Wildman–Crippen LogP) is 4.77. The third kappa shape index (κ3) is 2.95. The van der Waals surface area contributed by atoms with Crippen molar-refractivity contribution in [3.05, 3.63) is 24.0 Å². The van der Waals surface area contributed by atoms with E-state index < -0.39 is 0 Å². The highest BCUT2D eigenvalue weighted by molar-refractivity contribution is 5.82. The summed E-state index contributed by atoms with van der Waals surface area (Å²) >= 11 is 0. The number of hydrogen-bond acceptors (Lipinski definition) is 4. The van der Waals surface area contributed by atoms with Crippen molar-refractivity contribution in [1.29, 1.82) is 0 Å². The number of ketones is 1. The second-order valence-corrected chi connectivity index (χ2v) is 12.3. The van der Waals surface area contributed by atoms with Crippen LogP contribution in [-0.2, 0) is 11.3 Å². The molecule has 0 radical (unpaired) electrons. The summed E-state index contributed by atoms with van der Waals surface area (Å²) in [5, 5.41) is 19.5. The van der Waals surface area contributed by atoms with Gasteiger partial charge in [0, 0.05) is 12.0 Å². The number of carbonyl (C=O) groups excluding carboxylic acids is 1. The number of Topliss-reactive ketones (excluding diaryl/α,β-unsaturated/α-hetero) is 1. The van der Waals surface area contributed by atoms with Crippen LogP contribution in [-0.4, -0.2) is 31.5 Å². The van der Waals surface area contributed by atoms with Crippen LogP contribution in [0.3, 0.4) is 0 Å². The summed E-state index contributed by atoms with van der Waals surface area (Å²) in [5.74, 6) is 4.31. The lowest BCUT2D eigenvalue weighted by Gasteiger charge is -2.56. The number of nitrogens with zero attached hydrogens (tertiary/aromatic N) is 3. The van der Waals surface area contributed by atoms with E-state index in [0.717, 1.165) is 49.4 Å². The molecule has 33 heavy (non-hydrogen) atoms. The van der Waals surface area contributed by atoms with E-state index in [1.54, 1.807) is 6.07 Å². The maximum absolute atomic E-state index is 13.5. The zero-order valence-corrected chi connectivity index (χ0v) is 19.4. The largest absolute Gasteiger partial charge is 0.390 e. The Morgan fingerprint density at radius 1 is 1.00 bits per heavy atom. The third-order valence-corrected chi connectivity index (χ3v) is 11.0. The quantitative estimate of drug-likeness (QED) is 0.730. The van der Waals surface area contributed by atoms with Gasteiger partial charge in [-0.05, 0) is 111 Å². The predicted molar refractivity (Wildman–Crippen MR) is 122 cm³/mol. The maximum Gasteiger partial charge on any atom is 0.159 e. The molecule has 9 atom stereocenters. The van der Waals surface area contributed by atoms with Crippen molar-refractivity contribution in [3.63, 3.8) is 0 Å². The summed E-state index contributed by atoms with van der Waals surface area (Å²) in [6.45, 7) is 2.57. The molecular weight excluding hydrogens is 417 g/mol. The van der Waals surface area contributed by atoms with Gasteiger partial charge in [-0.1, -0.05) is 6.92 Å². The molecule has 176 valence electrons. The second-order valence-electron chi connectivity index (χ2n) is 12.3. The third-order valence-electron chi connectivity index (χ3n) is 11.0. The Morgan fingerprint density at radius 2 is 1.73 bits per heavy atom. The molecule has 1 aromatic carbocycles. The molecule has 6 heteroatoms. The molecule has 0 saturated heterocycles.